The van der Waals surface area contributed by atoms with Crippen molar-refractivity contribution in [1.29, 1.82) is 0 Å². The van der Waals surface area contributed by atoms with Crippen molar-refractivity contribution in [2.75, 3.05) is 20.7 Å². The maximum absolute atomic E-state index is 12.3. The van der Waals surface area contributed by atoms with Gasteiger partial charge in [-0.1, -0.05) is 18.2 Å². The minimum absolute atomic E-state index is 0.00152. The van der Waals surface area contributed by atoms with Crippen LogP contribution in [-0.2, 0) is 37.3 Å². The molecular formula is C17H21N3O5S2. The molecule has 1 amide bonds. The van der Waals surface area contributed by atoms with Crippen molar-refractivity contribution < 1.29 is 22.7 Å². The van der Waals surface area contributed by atoms with Gasteiger partial charge in [0.2, 0.25) is 10.0 Å². The predicted molar refractivity (Wildman–Crippen MR) is 101 cm³/mol. The zero-order valence-corrected chi connectivity index (χ0v) is 16.9. The highest BCUT2D eigenvalue weighted by Crippen LogP contribution is 2.18. The number of nitrogens with zero attached hydrogens (tertiary/aromatic N) is 2. The zero-order valence-electron chi connectivity index (χ0n) is 15.3. The first-order chi connectivity index (χ1) is 12.7. The maximum atomic E-state index is 12.3. The Labute approximate surface area is 162 Å². The van der Waals surface area contributed by atoms with Crippen molar-refractivity contribution in [3.63, 3.8) is 0 Å². The van der Waals surface area contributed by atoms with E-state index in [1.807, 2.05) is 6.92 Å². The van der Waals surface area contributed by atoms with E-state index in [1.165, 1.54) is 31.5 Å². The monoisotopic (exact) mass is 411 g/mol. The molecule has 0 saturated heterocycles. The average Bonchev–Trinajstić information content (AvgIpc) is 3.03. The molecule has 10 heteroatoms. The number of amides is 1. The van der Waals surface area contributed by atoms with Gasteiger partial charge in [-0.15, -0.1) is 11.3 Å². The van der Waals surface area contributed by atoms with E-state index in [0.29, 0.717) is 11.3 Å². The van der Waals surface area contributed by atoms with E-state index in [-0.39, 0.29) is 17.9 Å². The fourth-order valence-corrected chi connectivity index (χ4v) is 3.91. The molecule has 0 fully saturated rings. The van der Waals surface area contributed by atoms with Crippen molar-refractivity contribution in [3.8, 4) is 0 Å². The molecule has 0 atom stereocenters. The molecule has 2 aromatic rings. The summed E-state index contributed by atoms with van der Waals surface area (Å²) in [5.74, 6) is -1.07. The smallest absolute Gasteiger partial charge is 0.312 e. The van der Waals surface area contributed by atoms with Crippen LogP contribution in [0, 0.1) is 6.92 Å². The fraction of sp³-hybridized carbons (Fsp3) is 0.353. The zero-order chi connectivity index (χ0) is 20.0. The number of carbonyl (C=O) groups excluding carboxylic acids is 2. The third kappa shape index (κ3) is 5.84. The predicted octanol–water partition coefficient (Wildman–Crippen LogP) is 1.10. The Morgan fingerprint density at radius 1 is 1.26 bits per heavy atom. The van der Waals surface area contributed by atoms with Gasteiger partial charge in [0.05, 0.1) is 22.0 Å². The van der Waals surface area contributed by atoms with Gasteiger partial charge >= 0.3 is 5.97 Å². The lowest BCUT2D eigenvalue weighted by atomic mass is 10.2. The molecule has 0 aliphatic rings. The van der Waals surface area contributed by atoms with Gasteiger partial charge in [0.25, 0.3) is 5.91 Å². The van der Waals surface area contributed by atoms with Crippen molar-refractivity contribution in [1.82, 2.24) is 14.6 Å². The molecule has 0 aliphatic heterocycles. The molecule has 2 rings (SSSR count). The van der Waals surface area contributed by atoms with E-state index < -0.39 is 28.5 Å². The molecule has 0 unspecified atom stereocenters. The van der Waals surface area contributed by atoms with Gasteiger partial charge < -0.3 is 10.1 Å². The summed E-state index contributed by atoms with van der Waals surface area (Å²) in [6.45, 7) is 1.40. The molecule has 1 N–H and O–H groups in total. The first-order valence-corrected chi connectivity index (χ1v) is 10.4. The highest BCUT2D eigenvalue weighted by atomic mass is 32.2. The molecule has 27 heavy (non-hydrogen) atoms. The van der Waals surface area contributed by atoms with Gasteiger partial charge in [-0.25, -0.2) is 17.7 Å². The number of esters is 1. The van der Waals surface area contributed by atoms with E-state index in [9.17, 15) is 18.0 Å². The second-order valence-electron chi connectivity index (χ2n) is 5.87. The van der Waals surface area contributed by atoms with Crippen LogP contribution in [0.2, 0.25) is 0 Å². The van der Waals surface area contributed by atoms with Crippen molar-refractivity contribution >= 4 is 33.2 Å². The first-order valence-electron chi connectivity index (χ1n) is 8.04. The lowest BCUT2D eigenvalue weighted by Gasteiger charge is -2.15. The number of aromatic nitrogens is 1. The summed E-state index contributed by atoms with van der Waals surface area (Å²) in [5.41, 5.74) is 1.05. The Morgan fingerprint density at radius 3 is 2.59 bits per heavy atom. The number of sulfonamides is 1. The lowest BCUT2D eigenvalue weighted by molar-refractivity contribution is -0.147. The summed E-state index contributed by atoms with van der Waals surface area (Å²) in [6.07, 6.45) is 0.00152. The van der Waals surface area contributed by atoms with E-state index in [1.54, 1.807) is 23.6 Å². The summed E-state index contributed by atoms with van der Waals surface area (Å²) >= 11 is 1.43. The topological polar surface area (TPSA) is 106 Å². The number of ether oxygens (including phenoxy) is 1. The molecular weight excluding hydrogens is 390 g/mol. The molecule has 0 radical (unpaired) electrons. The number of nitrogens with one attached hydrogen (secondary N) is 1. The summed E-state index contributed by atoms with van der Waals surface area (Å²) in [6, 6.07) is 6.40. The minimum atomic E-state index is -3.62. The fourth-order valence-electron chi connectivity index (χ4n) is 2.18. The summed E-state index contributed by atoms with van der Waals surface area (Å²) in [7, 11) is -0.746. The average molecular weight is 412 g/mol. The Kier molecular flexibility index (Phi) is 7.05. The number of rotatable bonds is 8. The van der Waals surface area contributed by atoms with Gasteiger partial charge in [0.15, 0.2) is 6.61 Å². The minimum Gasteiger partial charge on any atom is -0.455 e. The second kappa shape index (κ2) is 9.07. The van der Waals surface area contributed by atoms with Gasteiger partial charge in [0, 0.05) is 26.0 Å². The number of carbonyl (C=O) groups is 2. The van der Waals surface area contributed by atoms with E-state index in [2.05, 4.69) is 10.3 Å². The van der Waals surface area contributed by atoms with Crippen LogP contribution >= 0.6 is 11.3 Å². The highest BCUT2D eigenvalue weighted by molar-refractivity contribution is 7.89. The number of aryl methyl sites for hydroxylation is 1. The van der Waals surface area contributed by atoms with Gasteiger partial charge in [0.1, 0.15) is 0 Å². The second-order valence-corrected chi connectivity index (χ2v) is 9.05. The Bertz CT molecular complexity index is 922. The molecule has 0 saturated carbocycles. The third-order valence-corrected chi connectivity index (χ3v) is 6.30. The third-order valence-electron chi connectivity index (χ3n) is 3.56. The molecule has 0 bridgehead atoms. The first kappa shape index (κ1) is 21.0. The number of thiazole rings is 1. The summed E-state index contributed by atoms with van der Waals surface area (Å²) < 4.78 is 30.7. The molecule has 1 aromatic carbocycles. The van der Waals surface area contributed by atoms with Crippen LogP contribution in [0.1, 0.15) is 16.3 Å². The van der Waals surface area contributed by atoms with Crippen LogP contribution in [0.15, 0.2) is 34.5 Å². The maximum Gasteiger partial charge on any atom is 0.312 e. The molecule has 146 valence electrons. The highest BCUT2D eigenvalue weighted by Gasteiger charge is 2.21. The lowest BCUT2D eigenvalue weighted by Crippen LogP contribution is -2.30. The van der Waals surface area contributed by atoms with Crippen molar-refractivity contribution in [3.05, 3.63) is 45.9 Å². The summed E-state index contributed by atoms with van der Waals surface area (Å²) in [5, 5.41) is 5.17. The van der Waals surface area contributed by atoms with Gasteiger partial charge in [-0.05, 0) is 18.6 Å². The number of benzene rings is 1. The Hall–Kier alpha value is -2.30. The molecule has 1 heterocycles. The largest absolute Gasteiger partial charge is 0.455 e. The number of hydrogen-bond donors (Lipinski definition) is 1. The van der Waals surface area contributed by atoms with E-state index in [0.717, 1.165) is 9.31 Å². The Morgan fingerprint density at radius 2 is 1.96 bits per heavy atom. The van der Waals surface area contributed by atoms with Crippen LogP contribution in [0.4, 0.5) is 0 Å². The van der Waals surface area contributed by atoms with Crippen LogP contribution in [0.25, 0.3) is 0 Å². The summed E-state index contributed by atoms with van der Waals surface area (Å²) in [4.78, 5) is 27.9. The van der Waals surface area contributed by atoms with Crippen LogP contribution in [0.5, 0.6) is 0 Å². The molecule has 0 aliphatic carbocycles. The quantitative estimate of drug-likeness (QED) is 0.652. The van der Waals surface area contributed by atoms with Gasteiger partial charge in [-0.3, -0.25) is 9.59 Å². The SMILES string of the molecule is Cc1nc(CC(=O)OCC(=O)NCc2ccccc2S(=O)(=O)N(C)C)cs1. The molecule has 8 nitrogen and oxygen atoms in total. The van der Waals surface area contributed by atoms with Gasteiger partial charge in [-0.2, -0.15) is 0 Å². The Balaban J connectivity index is 1.88. The molecule has 0 spiro atoms. The van der Waals surface area contributed by atoms with Crippen molar-refractivity contribution in [2.24, 2.45) is 0 Å². The van der Waals surface area contributed by atoms with E-state index >= 15 is 0 Å². The normalized spacial score (nSPS) is 11.4. The van der Waals surface area contributed by atoms with E-state index in [4.69, 9.17) is 4.74 Å². The molecule has 1 aromatic heterocycles. The number of hydrogen-bond acceptors (Lipinski definition) is 7. The van der Waals surface area contributed by atoms with Crippen LogP contribution in [-0.4, -0.2) is 50.3 Å². The van der Waals surface area contributed by atoms with Crippen molar-refractivity contribution in [2.45, 2.75) is 24.8 Å². The van der Waals surface area contributed by atoms with Crippen LogP contribution in [0.3, 0.4) is 0 Å². The standard InChI is InChI=1S/C17H21N3O5S2/c1-12-19-14(11-26-12)8-17(22)25-10-16(21)18-9-13-6-4-5-7-15(13)27(23,24)20(2)3/h4-7,11H,8-10H2,1-3H3,(H,18,21). The van der Waals surface area contributed by atoms with Crippen LogP contribution < -0.4 is 5.32 Å².